The Morgan fingerprint density at radius 1 is 1.45 bits per heavy atom. The van der Waals surface area contributed by atoms with E-state index in [0.29, 0.717) is 12.1 Å². The molecule has 0 aromatic heterocycles. The third-order valence-electron chi connectivity index (χ3n) is 1.85. The van der Waals surface area contributed by atoms with Crippen LogP contribution in [0.3, 0.4) is 0 Å². The van der Waals surface area contributed by atoms with Crippen molar-refractivity contribution in [3.8, 4) is 0 Å². The molecule has 0 bridgehead atoms. The van der Waals surface area contributed by atoms with Gasteiger partial charge in [-0.05, 0) is 20.1 Å². The van der Waals surface area contributed by atoms with Gasteiger partial charge in [-0.25, -0.2) is 0 Å². The van der Waals surface area contributed by atoms with Crippen LogP contribution in [0.25, 0.3) is 0 Å². The zero-order valence-corrected chi connectivity index (χ0v) is 8.70. The fraction of sp³-hybridized carbons (Fsp3) is 1.00. The van der Waals surface area contributed by atoms with Crippen LogP contribution in [-0.4, -0.2) is 37.8 Å². The summed E-state index contributed by atoms with van der Waals surface area (Å²) >= 11 is 1.86. The number of ether oxygens (including phenoxy) is 1. The van der Waals surface area contributed by atoms with E-state index in [1.165, 1.54) is 5.75 Å². The van der Waals surface area contributed by atoms with Gasteiger partial charge in [0.15, 0.2) is 0 Å². The van der Waals surface area contributed by atoms with Crippen molar-refractivity contribution in [3.05, 3.63) is 0 Å². The van der Waals surface area contributed by atoms with Gasteiger partial charge in [0.05, 0.1) is 6.10 Å². The van der Waals surface area contributed by atoms with Crippen LogP contribution >= 0.6 is 11.8 Å². The molecule has 11 heavy (non-hydrogen) atoms. The Morgan fingerprint density at radius 2 is 2.09 bits per heavy atom. The zero-order chi connectivity index (χ0) is 8.69. The summed E-state index contributed by atoms with van der Waals surface area (Å²) in [6.07, 6.45) is 2.42. The lowest BCUT2D eigenvalue weighted by molar-refractivity contribution is 0.0895. The van der Waals surface area contributed by atoms with E-state index in [4.69, 9.17) is 4.74 Å². The Bertz CT molecular complexity index is 90.2. The second-order valence-electron chi connectivity index (χ2n) is 2.68. The molecule has 0 radical (unpaired) electrons. The van der Waals surface area contributed by atoms with E-state index in [9.17, 15) is 0 Å². The van der Waals surface area contributed by atoms with E-state index >= 15 is 0 Å². The lowest BCUT2D eigenvalue weighted by Gasteiger charge is -2.19. The van der Waals surface area contributed by atoms with E-state index in [0.717, 1.165) is 6.54 Å². The van der Waals surface area contributed by atoms with Crippen molar-refractivity contribution in [2.45, 2.75) is 26.0 Å². The van der Waals surface area contributed by atoms with Crippen LogP contribution in [0.1, 0.15) is 13.8 Å². The normalized spacial score (nSPS) is 16.4. The smallest absolute Gasteiger partial charge is 0.0693 e. The Hall–Kier alpha value is 0.270. The molecule has 0 rings (SSSR count). The first-order valence-corrected chi connectivity index (χ1v) is 5.36. The number of nitrogens with one attached hydrogen (secondary N) is 1. The van der Waals surface area contributed by atoms with E-state index in [1.807, 2.05) is 11.8 Å². The fourth-order valence-corrected chi connectivity index (χ4v) is 1.08. The largest absolute Gasteiger partial charge is 0.380 e. The molecule has 68 valence electrons. The average molecular weight is 177 g/mol. The summed E-state index contributed by atoms with van der Waals surface area (Å²) in [6.45, 7) is 5.29. The van der Waals surface area contributed by atoms with Gasteiger partial charge in [0.2, 0.25) is 0 Å². The Balaban J connectivity index is 3.28. The summed E-state index contributed by atoms with van der Waals surface area (Å²) in [5, 5.41) is 3.39. The molecule has 0 aromatic carbocycles. The topological polar surface area (TPSA) is 21.3 Å². The van der Waals surface area contributed by atoms with Crippen molar-refractivity contribution in [2.75, 3.05) is 25.7 Å². The van der Waals surface area contributed by atoms with Gasteiger partial charge >= 0.3 is 0 Å². The number of methoxy groups -OCH3 is 1. The first-order chi connectivity index (χ1) is 5.22. The van der Waals surface area contributed by atoms with E-state index in [-0.39, 0.29) is 0 Å². The molecule has 0 saturated carbocycles. The predicted molar refractivity (Wildman–Crippen MR) is 52.3 cm³/mol. The highest BCUT2D eigenvalue weighted by Crippen LogP contribution is 1.96. The van der Waals surface area contributed by atoms with Crippen LogP contribution in [0.15, 0.2) is 0 Å². The van der Waals surface area contributed by atoms with Gasteiger partial charge in [0.1, 0.15) is 0 Å². The number of hydrogen-bond acceptors (Lipinski definition) is 3. The summed E-state index contributed by atoms with van der Waals surface area (Å²) in [5.41, 5.74) is 0. The molecule has 0 spiro atoms. The molecule has 2 unspecified atom stereocenters. The van der Waals surface area contributed by atoms with Crippen LogP contribution in [0.2, 0.25) is 0 Å². The molecule has 0 aliphatic rings. The van der Waals surface area contributed by atoms with Gasteiger partial charge in [0, 0.05) is 25.4 Å². The minimum absolute atomic E-state index is 0.303. The monoisotopic (exact) mass is 177 g/mol. The molecule has 2 nitrogen and oxygen atoms in total. The van der Waals surface area contributed by atoms with Crippen LogP contribution in [-0.2, 0) is 4.74 Å². The molecule has 1 N–H and O–H groups in total. The molecular weight excluding hydrogens is 158 g/mol. The van der Waals surface area contributed by atoms with Gasteiger partial charge in [-0.2, -0.15) is 11.8 Å². The van der Waals surface area contributed by atoms with E-state index in [2.05, 4.69) is 25.4 Å². The first kappa shape index (κ1) is 11.3. The predicted octanol–water partition coefficient (Wildman–Crippen LogP) is 1.36. The molecule has 0 aliphatic heterocycles. The summed E-state index contributed by atoms with van der Waals surface area (Å²) in [5.74, 6) is 1.17. The summed E-state index contributed by atoms with van der Waals surface area (Å²) < 4.78 is 5.17. The molecular formula is C8H19NOS. The SMILES string of the molecule is COC(C)C(C)NCCSC. The molecule has 0 aliphatic carbocycles. The van der Waals surface area contributed by atoms with Crippen LogP contribution in [0, 0.1) is 0 Å². The maximum absolute atomic E-state index is 5.17. The van der Waals surface area contributed by atoms with Gasteiger partial charge in [-0.3, -0.25) is 0 Å². The molecule has 0 heterocycles. The summed E-state index contributed by atoms with van der Waals surface area (Å²) in [7, 11) is 1.75. The van der Waals surface area contributed by atoms with Gasteiger partial charge in [0.25, 0.3) is 0 Å². The van der Waals surface area contributed by atoms with Crippen molar-refractivity contribution in [1.29, 1.82) is 0 Å². The number of hydrogen-bond donors (Lipinski definition) is 1. The maximum atomic E-state index is 5.17. The summed E-state index contributed by atoms with van der Waals surface area (Å²) in [6, 6.07) is 0.451. The van der Waals surface area contributed by atoms with Crippen molar-refractivity contribution in [1.82, 2.24) is 5.32 Å². The Kier molecular flexibility index (Phi) is 7.12. The highest BCUT2D eigenvalue weighted by molar-refractivity contribution is 7.98. The van der Waals surface area contributed by atoms with Crippen molar-refractivity contribution in [3.63, 3.8) is 0 Å². The Morgan fingerprint density at radius 3 is 2.55 bits per heavy atom. The lowest BCUT2D eigenvalue weighted by atomic mass is 10.2. The van der Waals surface area contributed by atoms with Crippen LogP contribution < -0.4 is 5.32 Å². The van der Waals surface area contributed by atoms with Gasteiger partial charge in [-0.1, -0.05) is 0 Å². The number of thioether (sulfide) groups is 1. The molecule has 0 amide bonds. The molecule has 3 heteroatoms. The van der Waals surface area contributed by atoms with Gasteiger partial charge in [-0.15, -0.1) is 0 Å². The number of rotatable bonds is 6. The van der Waals surface area contributed by atoms with E-state index < -0.39 is 0 Å². The van der Waals surface area contributed by atoms with Crippen molar-refractivity contribution < 1.29 is 4.74 Å². The standard InChI is InChI=1S/C8H19NOS/c1-7(8(2)10-3)9-5-6-11-4/h7-9H,5-6H2,1-4H3. The zero-order valence-electron chi connectivity index (χ0n) is 7.89. The van der Waals surface area contributed by atoms with Crippen LogP contribution in [0.4, 0.5) is 0 Å². The minimum Gasteiger partial charge on any atom is -0.380 e. The highest BCUT2D eigenvalue weighted by atomic mass is 32.2. The molecule has 2 atom stereocenters. The molecule has 0 aromatic rings. The second kappa shape index (κ2) is 6.95. The highest BCUT2D eigenvalue weighted by Gasteiger charge is 2.08. The molecule has 0 saturated heterocycles. The quantitative estimate of drug-likeness (QED) is 0.619. The third-order valence-corrected chi connectivity index (χ3v) is 2.46. The molecule has 0 fully saturated rings. The van der Waals surface area contributed by atoms with E-state index in [1.54, 1.807) is 7.11 Å². The fourth-order valence-electron chi connectivity index (χ4n) is 0.759. The third kappa shape index (κ3) is 5.53. The average Bonchev–Trinajstić information content (AvgIpc) is 2.03. The summed E-state index contributed by atoms with van der Waals surface area (Å²) in [4.78, 5) is 0. The lowest BCUT2D eigenvalue weighted by Crippen LogP contribution is -2.37. The maximum Gasteiger partial charge on any atom is 0.0693 e. The first-order valence-electron chi connectivity index (χ1n) is 3.97. The Labute approximate surface area is 74.1 Å². The minimum atomic E-state index is 0.303. The second-order valence-corrected chi connectivity index (χ2v) is 3.66. The van der Waals surface area contributed by atoms with Crippen LogP contribution in [0.5, 0.6) is 0 Å². The van der Waals surface area contributed by atoms with Crippen molar-refractivity contribution in [2.24, 2.45) is 0 Å². The van der Waals surface area contributed by atoms with Gasteiger partial charge < -0.3 is 10.1 Å². The van der Waals surface area contributed by atoms with Crippen molar-refractivity contribution >= 4 is 11.8 Å².